The lowest BCUT2D eigenvalue weighted by Crippen LogP contribution is -2.53. The van der Waals surface area contributed by atoms with Crippen molar-refractivity contribution in [1.29, 1.82) is 0 Å². The Balaban J connectivity index is 1.74. The summed E-state index contributed by atoms with van der Waals surface area (Å²) < 4.78 is 0. The second-order valence-corrected chi connectivity index (χ2v) is 5.84. The normalized spacial score (nSPS) is 28.4. The maximum absolute atomic E-state index is 5.50. The lowest BCUT2D eigenvalue weighted by molar-refractivity contribution is 0.0974. The van der Waals surface area contributed by atoms with E-state index in [1.54, 1.807) is 0 Å². The number of fused-ring (bicyclic) bond motifs is 3. The van der Waals surface area contributed by atoms with Crippen LogP contribution in [0.15, 0.2) is 6.07 Å². The highest BCUT2D eigenvalue weighted by Gasteiger charge is 2.34. The molecule has 0 aliphatic carbocycles. The number of rotatable bonds is 5. The van der Waals surface area contributed by atoms with Crippen molar-refractivity contribution in [1.82, 2.24) is 14.9 Å². The Morgan fingerprint density at radius 3 is 2.65 bits per heavy atom. The third-order valence-electron chi connectivity index (χ3n) is 4.38. The maximum Gasteiger partial charge on any atom is 0.145 e. The van der Waals surface area contributed by atoms with Crippen molar-refractivity contribution < 1.29 is 0 Å². The highest BCUT2D eigenvalue weighted by molar-refractivity contribution is 5.47. The van der Waals surface area contributed by atoms with Crippen LogP contribution < -0.4 is 16.6 Å². The predicted molar refractivity (Wildman–Crippen MR) is 80.4 cm³/mol. The molecule has 1 unspecified atom stereocenters. The van der Waals surface area contributed by atoms with Gasteiger partial charge in [-0.15, -0.1) is 0 Å². The first-order chi connectivity index (χ1) is 9.78. The minimum atomic E-state index is 0.507. The van der Waals surface area contributed by atoms with Gasteiger partial charge in [-0.3, -0.25) is 0 Å². The Kier molecular flexibility index (Phi) is 4.03. The van der Waals surface area contributed by atoms with Crippen LogP contribution >= 0.6 is 0 Å². The van der Waals surface area contributed by atoms with E-state index >= 15 is 0 Å². The average molecular weight is 276 g/mol. The smallest absolute Gasteiger partial charge is 0.145 e. The summed E-state index contributed by atoms with van der Waals surface area (Å²) in [4.78, 5) is 11.5. The van der Waals surface area contributed by atoms with Gasteiger partial charge >= 0.3 is 0 Å². The number of piperidine rings is 3. The number of nitrogens with one attached hydrogen (secondary N) is 2. The summed E-state index contributed by atoms with van der Waals surface area (Å²) in [5.41, 5.74) is 2.64. The Bertz CT molecular complexity index is 455. The minimum Gasteiger partial charge on any atom is -0.366 e. The number of nitrogens with two attached hydrogens (primary N) is 1. The second-order valence-electron chi connectivity index (χ2n) is 5.84. The van der Waals surface area contributed by atoms with Gasteiger partial charge in [0.1, 0.15) is 17.5 Å². The van der Waals surface area contributed by atoms with Crippen molar-refractivity contribution in [2.24, 2.45) is 11.8 Å². The minimum absolute atomic E-state index is 0.507. The van der Waals surface area contributed by atoms with E-state index < -0.39 is 0 Å². The van der Waals surface area contributed by atoms with Gasteiger partial charge < -0.3 is 15.6 Å². The first-order valence-electron chi connectivity index (χ1n) is 7.62. The third kappa shape index (κ3) is 2.86. The van der Waals surface area contributed by atoms with Gasteiger partial charge in [0.2, 0.25) is 0 Å². The molecule has 0 radical (unpaired) electrons. The number of nitrogens with zero attached hydrogens (tertiary/aromatic N) is 3. The lowest BCUT2D eigenvalue weighted by Gasteiger charge is -2.45. The van der Waals surface area contributed by atoms with E-state index in [0.29, 0.717) is 11.9 Å². The van der Waals surface area contributed by atoms with Crippen LogP contribution in [0.2, 0.25) is 0 Å². The van der Waals surface area contributed by atoms with Crippen LogP contribution in [0, 0.1) is 5.92 Å². The molecule has 6 heteroatoms. The summed E-state index contributed by atoms with van der Waals surface area (Å²) in [5.74, 6) is 8.72. The van der Waals surface area contributed by atoms with E-state index in [1.165, 1.54) is 25.9 Å². The van der Waals surface area contributed by atoms with Gasteiger partial charge in [0, 0.05) is 25.1 Å². The molecule has 0 saturated carbocycles. The van der Waals surface area contributed by atoms with E-state index in [9.17, 15) is 0 Å². The molecule has 0 amide bonds. The molecule has 1 aromatic heterocycles. The summed E-state index contributed by atoms with van der Waals surface area (Å²) in [5, 5.41) is 3.60. The van der Waals surface area contributed by atoms with E-state index in [-0.39, 0.29) is 0 Å². The number of aryl methyl sites for hydroxylation is 1. The van der Waals surface area contributed by atoms with Crippen LogP contribution in [0.4, 0.5) is 11.6 Å². The van der Waals surface area contributed by atoms with Crippen LogP contribution in [-0.2, 0) is 6.42 Å². The Labute approximate surface area is 120 Å². The number of nitrogen functional groups attached to an aromatic ring is 1. The van der Waals surface area contributed by atoms with E-state index in [1.807, 2.05) is 6.07 Å². The van der Waals surface area contributed by atoms with Crippen molar-refractivity contribution in [3.63, 3.8) is 0 Å². The predicted octanol–water partition coefficient (Wildman–Crippen LogP) is 1.22. The molecule has 0 spiro atoms. The van der Waals surface area contributed by atoms with Crippen molar-refractivity contribution in [3.8, 4) is 0 Å². The van der Waals surface area contributed by atoms with Gasteiger partial charge in [0.05, 0.1) is 0 Å². The number of aromatic nitrogens is 2. The fraction of sp³-hybridized carbons (Fsp3) is 0.714. The molecule has 3 aliphatic rings. The molecule has 4 N–H and O–H groups in total. The van der Waals surface area contributed by atoms with Crippen LogP contribution in [0.25, 0.3) is 0 Å². The quantitative estimate of drug-likeness (QED) is 0.554. The SMILES string of the molecule is CCCc1nc(NN)cc(NC2CN3CCC2CC3)n1. The summed E-state index contributed by atoms with van der Waals surface area (Å²) >= 11 is 0. The number of anilines is 2. The number of hydrogen-bond donors (Lipinski definition) is 3. The summed E-state index contributed by atoms with van der Waals surface area (Å²) in [6.45, 7) is 5.77. The molecule has 4 heterocycles. The van der Waals surface area contributed by atoms with Gasteiger partial charge in [0.15, 0.2) is 0 Å². The molecule has 0 aromatic carbocycles. The lowest BCUT2D eigenvalue weighted by atomic mass is 9.84. The van der Waals surface area contributed by atoms with Gasteiger partial charge in [-0.25, -0.2) is 15.8 Å². The molecular weight excluding hydrogens is 252 g/mol. The summed E-state index contributed by atoms with van der Waals surface area (Å²) in [7, 11) is 0. The molecule has 3 saturated heterocycles. The van der Waals surface area contributed by atoms with Crippen LogP contribution in [0.1, 0.15) is 32.0 Å². The topological polar surface area (TPSA) is 79.1 Å². The van der Waals surface area contributed by atoms with Crippen molar-refractivity contribution >= 4 is 11.6 Å². The molecule has 3 aliphatic heterocycles. The fourth-order valence-electron chi connectivity index (χ4n) is 3.30. The molecule has 1 atom stereocenters. The summed E-state index contributed by atoms with van der Waals surface area (Å²) in [6.07, 6.45) is 4.51. The summed E-state index contributed by atoms with van der Waals surface area (Å²) in [6, 6.07) is 2.41. The molecule has 4 rings (SSSR count). The van der Waals surface area contributed by atoms with Crippen LogP contribution in [0.5, 0.6) is 0 Å². The zero-order chi connectivity index (χ0) is 13.9. The van der Waals surface area contributed by atoms with Crippen molar-refractivity contribution in [3.05, 3.63) is 11.9 Å². The van der Waals surface area contributed by atoms with Gasteiger partial charge in [-0.05, 0) is 38.3 Å². The zero-order valence-corrected chi connectivity index (χ0v) is 12.1. The van der Waals surface area contributed by atoms with Gasteiger partial charge in [0.25, 0.3) is 0 Å². The molecule has 110 valence electrons. The largest absolute Gasteiger partial charge is 0.366 e. The number of hydrogen-bond acceptors (Lipinski definition) is 6. The van der Waals surface area contributed by atoms with E-state index in [2.05, 4.69) is 32.5 Å². The van der Waals surface area contributed by atoms with Crippen molar-refractivity contribution in [2.45, 2.75) is 38.6 Å². The molecule has 2 bridgehead atoms. The molecule has 20 heavy (non-hydrogen) atoms. The van der Waals surface area contributed by atoms with Crippen LogP contribution in [-0.4, -0.2) is 40.5 Å². The van der Waals surface area contributed by atoms with Crippen LogP contribution in [0.3, 0.4) is 0 Å². The highest BCUT2D eigenvalue weighted by Crippen LogP contribution is 2.29. The molecule has 6 nitrogen and oxygen atoms in total. The second kappa shape index (κ2) is 5.93. The molecule has 1 aromatic rings. The molecule has 3 fully saturated rings. The van der Waals surface area contributed by atoms with Gasteiger partial charge in [-0.1, -0.05) is 6.92 Å². The standard InChI is InChI=1S/C14H24N6/c1-2-3-12-17-13(8-14(18-12)19-15)16-11-9-20-6-4-10(11)5-7-20/h8,10-11H,2-7,9,15H2,1H3,(H2,16,17,18,19). The van der Waals surface area contributed by atoms with Gasteiger partial charge in [-0.2, -0.15) is 0 Å². The Hall–Kier alpha value is -1.40. The van der Waals surface area contributed by atoms with E-state index in [4.69, 9.17) is 5.84 Å². The molecular formula is C14H24N6. The highest BCUT2D eigenvalue weighted by atomic mass is 15.3. The Morgan fingerprint density at radius 2 is 2.05 bits per heavy atom. The first kappa shape index (κ1) is 13.6. The fourth-order valence-corrected chi connectivity index (χ4v) is 3.30. The monoisotopic (exact) mass is 276 g/mol. The Morgan fingerprint density at radius 1 is 1.30 bits per heavy atom. The maximum atomic E-state index is 5.50. The number of hydrazine groups is 1. The van der Waals surface area contributed by atoms with E-state index in [0.717, 1.165) is 36.9 Å². The average Bonchev–Trinajstić information content (AvgIpc) is 2.48. The zero-order valence-electron chi connectivity index (χ0n) is 12.1. The third-order valence-corrected chi connectivity index (χ3v) is 4.38. The van der Waals surface area contributed by atoms with Crippen molar-refractivity contribution in [2.75, 3.05) is 30.4 Å². The first-order valence-corrected chi connectivity index (χ1v) is 7.62.